The Balaban J connectivity index is 1.96. The van der Waals surface area contributed by atoms with Gasteiger partial charge in [0.2, 0.25) is 0 Å². The quantitative estimate of drug-likeness (QED) is 0.768. The minimum atomic E-state index is 0.610. The van der Waals surface area contributed by atoms with E-state index in [9.17, 15) is 0 Å². The van der Waals surface area contributed by atoms with E-state index < -0.39 is 0 Å². The zero-order valence-electron chi connectivity index (χ0n) is 11.8. The Bertz CT molecular complexity index is 317. The van der Waals surface area contributed by atoms with Crippen molar-refractivity contribution < 1.29 is 4.52 Å². The van der Waals surface area contributed by atoms with Crippen LogP contribution in [-0.4, -0.2) is 29.2 Å². The summed E-state index contributed by atoms with van der Waals surface area (Å²) >= 11 is 0. The topological polar surface area (TPSA) is 29.3 Å². The fourth-order valence-electron chi connectivity index (χ4n) is 3.25. The van der Waals surface area contributed by atoms with Crippen LogP contribution in [0, 0.1) is 0 Å². The average Bonchev–Trinajstić information content (AvgIpc) is 2.93. The fourth-order valence-corrected chi connectivity index (χ4v) is 3.25. The smallest absolute Gasteiger partial charge is 0.124 e. The number of hydrogen-bond acceptors (Lipinski definition) is 3. The molecule has 3 nitrogen and oxygen atoms in total. The monoisotopic (exact) mass is 250 g/mol. The molecule has 0 amide bonds. The first-order valence-electron chi connectivity index (χ1n) is 7.49. The highest BCUT2D eigenvalue weighted by atomic mass is 16.5. The van der Waals surface area contributed by atoms with Gasteiger partial charge in [-0.3, -0.25) is 0 Å². The molecule has 18 heavy (non-hydrogen) atoms. The fraction of sp³-hybridized carbons (Fsp3) is 0.800. The molecule has 1 fully saturated rings. The standard InChI is InChI=1S/C15H26N2O/c1-3-9-17(10-4-2)14-7-5-6-13(12-14)15-8-11-18-16-15/h8,11,13-14H,3-7,9-10,12H2,1-2H3/t13?,14-/m0/s1. The van der Waals surface area contributed by atoms with Gasteiger partial charge in [-0.2, -0.15) is 0 Å². The number of nitrogens with zero attached hydrogens (tertiary/aromatic N) is 2. The molecule has 0 saturated heterocycles. The number of rotatable bonds is 6. The Morgan fingerprint density at radius 3 is 2.67 bits per heavy atom. The van der Waals surface area contributed by atoms with Gasteiger partial charge in [-0.05, 0) is 45.2 Å². The van der Waals surface area contributed by atoms with Crippen LogP contribution in [-0.2, 0) is 0 Å². The van der Waals surface area contributed by atoms with E-state index >= 15 is 0 Å². The maximum atomic E-state index is 4.99. The molecular weight excluding hydrogens is 224 g/mol. The number of aromatic nitrogens is 1. The lowest BCUT2D eigenvalue weighted by atomic mass is 9.83. The van der Waals surface area contributed by atoms with Crippen molar-refractivity contribution in [2.75, 3.05) is 13.1 Å². The van der Waals surface area contributed by atoms with Crippen molar-refractivity contribution in [3.63, 3.8) is 0 Å². The van der Waals surface area contributed by atoms with Crippen LogP contribution in [0.25, 0.3) is 0 Å². The third-order valence-electron chi connectivity index (χ3n) is 4.06. The van der Waals surface area contributed by atoms with Gasteiger partial charge in [-0.15, -0.1) is 0 Å². The van der Waals surface area contributed by atoms with Crippen molar-refractivity contribution in [2.45, 2.75) is 64.3 Å². The zero-order chi connectivity index (χ0) is 12.8. The minimum absolute atomic E-state index is 0.610. The predicted molar refractivity (Wildman–Crippen MR) is 73.7 cm³/mol. The van der Waals surface area contributed by atoms with Gasteiger partial charge in [0.05, 0.1) is 5.69 Å². The van der Waals surface area contributed by atoms with E-state index in [0.717, 1.165) is 11.7 Å². The highest BCUT2D eigenvalue weighted by molar-refractivity contribution is 5.06. The molecule has 0 spiro atoms. The van der Waals surface area contributed by atoms with E-state index in [1.807, 2.05) is 6.07 Å². The lowest BCUT2D eigenvalue weighted by Gasteiger charge is -2.37. The highest BCUT2D eigenvalue weighted by Gasteiger charge is 2.28. The highest BCUT2D eigenvalue weighted by Crippen LogP contribution is 2.34. The summed E-state index contributed by atoms with van der Waals surface area (Å²) in [5.74, 6) is 0.610. The first-order chi connectivity index (χ1) is 8.85. The molecule has 1 heterocycles. The van der Waals surface area contributed by atoms with Crippen LogP contribution in [0.5, 0.6) is 0 Å². The van der Waals surface area contributed by atoms with Gasteiger partial charge in [0.1, 0.15) is 6.26 Å². The summed E-state index contributed by atoms with van der Waals surface area (Å²) in [6.07, 6.45) is 9.42. The maximum absolute atomic E-state index is 4.99. The van der Waals surface area contributed by atoms with Crippen LogP contribution in [0.2, 0.25) is 0 Å². The van der Waals surface area contributed by atoms with E-state index in [0.29, 0.717) is 5.92 Å². The molecule has 0 aromatic carbocycles. The molecule has 2 rings (SSSR count). The lowest BCUT2D eigenvalue weighted by Crippen LogP contribution is -2.39. The molecule has 1 unspecified atom stereocenters. The van der Waals surface area contributed by atoms with Crippen LogP contribution in [0.3, 0.4) is 0 Å². The molecule has 1 aromatic rings. The third kappa shape index (κ3) is 3.35. The molecular formula is C15H26N2O. The van der Waals surface area contributed by atoms with Crippen molar-refractivity contribution in [1.29, 1.82) is 0 Å². The Hall–Kier alpha value is -0.830. The summed E-state index contributed by atoms with van der Waals surface area (Å²) in [6.45, 7) is 7.04. The molecule has 0 bridgehead atoms. The van der Waals surface area contributed by atoms with Crippen molar-refractivity contribution in [3.05, 3.63) is 18.0 Å². The SMILES string of the molecule is CCCN(CCC)[C@H]1CCCC(c2ccon2)C1. The summed E-state index contributed by atoms with van der Waals surface area (Å²) in [5, 5.41) is 4.13. The van der Waals surface area contributed by atoms with Gasteiger partial charge in [0, 0.05) is 18.0 Å². The maximum Gasteiger partial charge on any atom is 0.124 e. The normalized spacial score (nSPS) is 24.6. The Morgan fingerprint density at radius 2 is 2.06 bits per heavy atom. The molecule has 1 aliphatic carbocycles. The molecule has 0 aliphatic heterocycles. The molecule has 1 saturated carbocycles. The molecule has 2 atom stereocenters. The second-order valence-corrected chi connectivity index (χ2v) is 5.48. The van der Waals surface area contributed by atoms with Gasteiger partial charge in [-0.1, -0.05) is 25.4 Å². The first-order valence-corrected chi connectivity index (χ1v) is 7.49. The molecule has 3 heteroatoms. The molecule has 0 radical (unpaired) electrons. The minimum Gasteiger partial charge on any atom is -0.365 e. The Labute approximate surface area is 111 Å². The van der Waals surface area contributed by atoms with Crippen molar-refractivity contribution in [1.82, 2.24) is 10.1 Å². The van der Waals surface area contributed by atoms with Crippen LogP contribution in [0.15, 0.2) is 16.9 Å². The lowest BCUT2D eigenvalue weighted by molar-refractivity contribution is 0.145. The summed E-state index contributed by atoms with van der Waals surface area (Å²) < 4.78 is 4.99. The van der Waals surface area contributed by atoms with Gasteiger partial charge < -0.3 is 9.42 Å². The summed E-state index contributed by atoms with van der Waals surface area (Å²) in [4.78, 5) is 2.69. The second kappa shape index (κ2) is 6.93. The van der Waals surface area contributed by atoms with E-state index in [1.54, 1.807) is 6.26 Å². The molecule has 102 valence electrons. The zero-order valence-corrected chi connectivity index (χ0v) is 11.8. The molecule has 0 N–H and O–H groups in total. The first kappa shape index (κ1) is 13.6. The second-order valence-electron chi connectivity index (χ2n) is 5.48. The van der Waals surface area contributed by atoms with Gasteiger partial charge >= 0.3 is 0 Å². The average molecular weight is 250 g/mol. The van der Waals surface area contributed by atoms with Crippen molar-refractivity contribution >= 4 is 0 Å². The van der Waals surface area contributed by atoms with Gasteiger partial charge in [0.25, 0.3) is 0 Å². The van der Waals surface area contributed by atoms with E-state index in [-0.39, 0.29) is 0 Å². The summed E-state index contributed by atoms with van der Waals surface area (Å²) in [6, 6.07) is 2.79. The molecule has 1 aromatic heterocycles. The van der Waals surface area contributed by atoms with E-state index in [2.05, 4.69) is 23.9 Å². The predicted octanol–water partition coefficient (Wildman–Crippen LogP) is 3.82. The van der Waals surface area contributed by atoms with E-state index in [1.165, 1.54) is 51.6 Å². The van der Waals surface area contributed by atoms with Crippen LogP contribution >= 0.6 is 0 Å². The Morgan fingerprint density at radius 1 is 1.28 bits per heavy atom. The van der Waals surface area contributed by atoms with Crippen molar-refractivity contribution in [3.8, 4) is 0 Å². The van der Waals surface area contributed by atoms with Crippen LogP contribution < -0.4 is 0 Å². The van der Waals surface area contributed by atoms with Gasteiger partial charge in [0.15, 0.2) is 0 Å². The Kier molecular flexibility index (Phi) is 5.24. The third-order valence-corrected chi connectivity index (χ3v) is 4.06. The molecule has 1 aliphatic rings. The van der Waals surface area contributed by atoms with Crippen LogP contribution in [0.4, 0.5) is 0 Å². The summed E-state index contributed by atoms with van der Waals surface area (Å²) in [7, 11) is 0. The van der Waals surface area contributed by atoms with Crippen LogP contribution in [0.1, 0.15) is 64.0 Å². The largest absolute Gasteiger partial charge is 0.365 e. The van der Waals surface area contributed by atoms with Crippen molar-refractivity contribution in [2.24, 2.45) is 0 Å². The van der Waals surface area contributed by atoms with E-state index in [4.69, 9.17) is 4.52 Å². The van der Waals surface area contributed by atoms with Gasteiger partial charge in [-0.25, -0.2) is 0 Å². The number of hydrogen-bond donors (Lipinski definition) is 0. The summed E-state index contributed by atoms with van der Waals surface area (Å²) in [5.41, 5.74) is 1.16.